The first kappa shape index (κ1) is 11.8. The van der Waals surface area contributed by atoms with Gasteiger partial charge in [-0.05, 0) is 6.92 Å². The lowest BCUT2D eigenvalue weighted by atomic mass is 10.5. The van der Waals surface area contributed by atoms with Gasteiger partial charge in [0.1, 0.15) is 5.04 Å². The molecule has 0 radical (unpaired) electrons. The van der Waals surface area contributed by atoms with Crippen LogP contribution < -0.4 is 0 Å². The lowest BCUT2D eigenvalue weighted by Gasteiger charge is -2.06. The molecule has 0 rings (SSSR count). The molecule has 0 unspecified atom stereocenters. The van der Waals surface area contributed by atoms with Crippen LogP contribution in [0.1, 0.15) is 6.92 Å². The Hall–Kier alpha value is -1.17. The second-order valence-electron chi connectivity index (χ2n) is 1.91. The summed E-state index contributed by atoms with van der Waals surface area (Å²) < 4.78 is 5.22. The SMILES string of the molecule is C=C=C(OCC)C(=NC)SCC#N. The first-order chi connectivity index (χ1) is 6.29. The molecule has 0 saturated heterocycles. The Morgan fingerprint density at radius 3 is 2.77 bits per heavy atom. The van der Waals surface area contributed by atoms with E-state index in [4.69, 9.17) is 10.00 Å². The smallest absolute Gasteiger partial charge is 0.193 e. The molecule has 3 nitrogen and oxygen atoms in total. The van der Waals surface area contributed by atoms with Crippen LogP contribution >= 0.6 is 11.8 Å². The Bertz CT molecular complexity index is 272. The number of aliphatic imine (C=N–C) groups is 1. The summed E-state index contributed by atoms with van der Waals surface area (Å²) >= 11 is 1.32. The van der Waals surface area contributed by atoms with Gasteiger partial charge in [0.15, 0.2) is 5.76 Å². The standard InChI is InChI=1S/C9H12N2OS/c1-4-8(12-5-2)9(11-3)13-7-6-10/h1,5,7H2,2-3H3. The minimum Gasteiger partial charge on any atom is -0.484 e. The van der Waals surface area contributed by atoms with Crippen molar-refractivity contribution in [3.63, 3.8) is 0 Å². The number of nitriles is 1. The van der Waals surface area contributed by atoms with E-state index in [-0.39, 0.29) is 0 Å². The highest BCUT2D eigenvalue weighted by atomic mass is 32.2. The van der Waals surface area contributed by atoms with Gasteiger partial charge < -0.3 is 4.74 Å². The summed E-state index contributed by atoms with van der Waals surface area (Å²) in [6.07, 6.45) is 0. The summed E-state index contributed by atoms with van der Waals surface area (Å²) in [4.78, 5) is 3.98. The van der Waals surface area contributed by atoms with Crippen LogP contribution in [0.5, 0.6) is 0 Å². The normalized spacial score (nSPS) is 10.1. The van der Waals surface area contributed by atoms with Gasteiger partial charge in [-0.1, -0.05) is 24.1 Å². The van der Waals surface area contributed by atoms with Crippen LogP contribution in [-0.2, 0) is 4.74 Å². The minimum atomic E-state index is 0.352. The molecular weight excluding hydrogens is 184 g/mol. The number of thioether (sulfide) groups is 1. The Morgan fingerprint density at radius 2 is 2.38 bits per heavy atom. The van der Waals surface area contributed by atoms with E-state index in [2.05, 4.69) is 17.3 Å². The molecule has 0 heterocycles. The zero-order valence-corrected chi connectivity index (χ0v) is 8.65. The van der Waals surface area contributed by atoms with E-state index in [1.807, 2.05) is 13.0 Å². The van der Waals surface area contributed by atoms with E-state index in [0.717, 1.165) is 0 Å². The van der Waals surface area contributed by atoms with Crippen LogP contribution in [0.15, 0.2) is 23.1 Å². The molecule has 0 fully saturated rings. The number of ether oxygens (including phenoxy) is 1. The first-order valence-corrected chi connectivity index (χ1v) is 4.78. The molecule has 0 aliphatic heterocycles. The average molecular weight is 196 g/mol. The van der Waals surface area contributed by atoms with E-state index < -0.39 is 0 Å². The van der Waals surface area contributed by atoms with Crippen molar-refractivity contribution in [3.8, 4) is 6.07 Å². The third kappa shape index (κ3) is 4.41. The minimum absolute atomic E-state index is 0.352. The fourth-order valence-corrected chi connectivity index (χ4v) is 1.26. The van der Waals surface area contributed by atoms with Gasteiger partial charge in [-0.2, -0.15) is 5.26 Å². The molecule has 0 aromatic rings. The van der Waals surface area contributed by atoms with Gasteiger partial charge in [-0.25, -0.2) is 0 Å². The van der Waals surface area contributed by atoms with Crippen molar-refractivity contribution in [3.05, 3.63) is 18.1 Å². The van der Waals surface area contributed by atoms with Crippen LogP contribution in [-0.4, -0.2) is 24.5 Å². The summed E-state index contributed by atoms with van der Waals surface area (Å²) in [5, 5.41) is 9.05. The van der Waals surface area contributed by atoms with Crippen molar-refractivity contribution in [2.75, 3.05) is 19.4 Å². The fraction of sp³-hybridized carbons (Fsp3) is 0.444. The molecule has 0 saturated carbocycles. The third-order valence-corrected chi connectivity index (χ3v) is 2.03. The highest BCUT2D eigenvalue weighted by Gasteiger charge is 2.06. The predicted molar refractivity (Wildman–Crippen MR) is 55.7 cm³/mol. The topological polar surface area (TPSA) is 45.4 Å². The molecule has 0 atom stereocenters. The van der Waals surface area contributed by atoms with E-state index in [1.165, 1.54) is 11.8 Å². The maximum atomic E-state index is 8.38. The van der Waals surface area contributed by atoms with Crippen molar-refractivity contribution in [2.45, 2.75) is 6.92 Å². The molecule has 0 spiro atoms. The summed E-state index contributed by atoms with van der Waals surface area (Å²) in [6.45, 7) is 5.91. The zero-order valence-electron chi connectivity index (χ0n) is 7.83. The van der Waals surface area contributed by atoms with E-state index in [9.17, 15) is 0 Å². The van der Waals surface area contributed by atoms with Crippen molar-refractivity contribution < 1.29 is 4.74 Å². The van der Waals surface area contributed by atoms with Gasteiger partial charge in [0.2, 0.25) is 0 Å². The highest BCUT2D eigenvalue weighted by molar-refractivity contribution is 8.14. The third-order valence-electron chi connectivity index (χ3n) is 1.12. The second kappa shape index (κ2) is 7.48. The van der Waals surface area contributed by atoms with Crippen LogP contribution in [0.2, 0.25) is 0 Å². The quantitative estimate of drug-likeness (QED) is 0.299. The number of rotatable bonds is 4. The fourth-order valence-electron chi connectivity index (χ4n) is 0.665. The van der Waals surface area contributed by atoms with Gasteiger partial charge >= 0.3 is 0 Å². The Morgan fingerprint density at radius 1 is 1.69 bits per heavy atom. The van der Waals surface area contributed by atoms with E-state index in [1.54, 1.807) is 7.05 Å². The number of hydrogen-bond donors (Lipinski definition) is 0. The van der Waals surface area contributed by atoms with Crippen molar-refractivity contribution >= 4 is 16.8 Å². The maximum absolute atomic E-state index is 8.38. The Balaban J connectivity index is 4.40. The molecule has 0 bridgehead atoms. The van der Waals surface area contributed by atoms with Gasteiger partial charge in [0, 0.05) is 7.05 Å². The molecule has 13 heavy (non-hydrogen) atoms. The number of nitrogens with zero attached hydrogens (tertiary/aromatic N) is 2. The summed E-state index contributed by atoms with van der Waals surface area (Å²) in [7, 11) is 1.65. The Kier molecular flexibility index (Phi) is 6.80. The van der Waals surface area contributed by atoms with Crippen LogP contribution in [0, 0.1) is 11.3 Å². The van der Waals surface area contributed by atoms with E-state index in [0.29, 0.717) is 23.2 Å². The van der Waals surface area contributed by atoms with Gasteiger partial charge in [-0.15, -0.1) is 0 Å². The highest BCUT2D eigenvalue weighted by Crippen LogP contribution is 2.12. The average Bonchev–Trinajstić information content (AvgIpc) is 2.17. The largest absolute Gasteiger partial charge is 0.484 e. The molecule has 0 aliphatic carbocycles. The molecular formula is C9H12N2OS. The van der Waals surface area contributed by atoms with Crippen LogP contribution in [0.4, 0.5) is 0 Å². The molecule has 0 aliphatic rings. The van der Waals surface area contributed by atoms with Crippen LogP contribution in [0.3, 0.4) is 0 Å². The van der Waals surface area contributed by atoms with E-state index >= 15 is 0 Å². The first-order valence-electron chi connectivity index (χ1n) is 3.79. The Labute approximate surface area is 82.8 Å². The summed E-state index contributed by atoms with van der Waals surface area (Å²) in [5.74, 6) is 0.871. The lowest BCUT2D eigenvalue weighted by molar-refractivity contribution is 0.251. The molecule has 0 amide bonds. The zero-order chi connectivity index (χ0) is 10.1. The molecule has 70 valence electrons. The lowest BCUT2D eigenvalue weighted by Crippen LogP contribution is -2.02. The summed E-state index contributed by atoms with van der Waals surface area (Å²) in [5.41, 5.74) is 2.65. The second-order valence-corrected chi connectivity index (χ2v) is 2.88. The van der Waals surface area contributed by atoms with Crippen molar-refractivity contribution in [1.82, 2.24) is 0 Å². The van der Waals surface area contributed by atoms with Crippen molar-refractivity contribution in [1.29, 1.82) is 5.26 Å². The molecule has 0 N–H and O–H groups in total. The van der Waals surface area contributed by atoms with Gasteiger partial charge in [0.25, 0.3) is 0 Å². The van der Waals surface area contributed by atoms with Crippen molar-refractivity contribution in [2.24, 2.45) is 4.99 Å². The maximum Gasteiger partial charge on any atom is 0.193 e. The van der Waals surface area contributed by atoms with Gasteiger partial charge in [-0.3, -0.25) is 4.99 Å². The van der Waals surface area contributed by atoms with Crippen LogP contribution in [0.25, 0.3) is 0 Å². The molecule has 4 heteroatoms. The molecule has 0 aromatic carbocycles. The number of hydrogen-bond acceptors (Lipinski definition) is 4. The molecule has 0 aromatic heterocycles. The predicted octanol–water partition coefficient (Wildman–Crippen LogP) is 1.98. The summed E-state index contributed by atoms with van der Waals surface area (Å²) in [6, 6.07) is 2.02. The van der Waals surface area contributed by atoms with Gasteiger partial charge in [0.05, 0.1) is 18.4 Å². The monoisotopic (exact) mass is 196 g/mol.